The Kier molecular flexibility index (Phi) is 4.24. The van der Waals surface area contributed by atoms with Gasteiger partial charge in [-0.15, -0.1) is 0 Å². The SMILES string of the molecule is CC1(C)C(CNCC(=O)NC2CCCCC2)C1(C)C. The molecule has 2 saturated carbocycles. The topological polar surface area (TPSA) is 41.1 Å². The van der Waals surface area contributed by atoms with Crippen molar-refractivity contribution in [1.29, 1.82) is 0 Å². The molecule has 0 aromatic heterocycles. The maximum absolute atomic E-state index is 11.9. The van der Waals surface area contributed by atoms with Crippen molar-refractivity contribution < 1.29 is 4.79 Å². The summed E-state index contributed by atoms with van der Waals surface area (Å²) < 4.78 is 0. The summed E-state index contributed by atoms with van der Waals surface area (Å²) in [5.41, 5.74) is 0.805. The van der Waals surface area contributed by atoms with Crippen molar-refractivity contribution >= 4 is 5.91 Å². The Morgan fingerprint density at radius 2 is 1.63 bits per heavy atom. The lowest BCUT2D eigenvalue weighted by atomic mass is 9.95. The summed E-state index contributed by atoms with van der Waals surface area (Å²) in [5.74, 6) is 0.852. The third kappa shape index (κ3) is 3.13. The summed E-state index contributed by atoms with van der Waals surface area (Å²) in [6.07, 6.45) is 6.19. The van der Waals surface area contributed by atoms with E-state index in [2.05, 4.69) is 38.3 Å². The number of hydrogen-bond acceptors (Lipinski definition) is 2. The second-order valence-electron chi connectivity index (χ2n) is 7.53. The van der Waals surface area contributed by atoms with Crippen LogP contribution in [0.5, 0.6) is 0 Å². The monoisotopic (exact) mass is 266 g/mol. The molecule has 0 aromatic rings. The largest absolute Gasteiger partial charge is 0.352 e. The normalized spacial score (nSPS) is 26.1. The molecule has 0 spiro atoms. The molecule has 0 atom stereocenters. The van der Waals surface area contributed by atoms with E-state index < -0.39 is 0 Å². The number of carbonyl (C=O) groups is 1. The van der Waals surface area contributed by atoms with E-state index in [0.29, 0.717) is 29.3 Å². The fourth-order valence-electron chi connectivity index (χ4n) is 3.70. The Balaban J connectivity index is 1.62. The van der Waals surface area contributed by atoms with Crippen LogP contribution < -0.4 is 10.6 Å². The maximum atomic E-state index is 11.9. The standard InChI is InChI=1S/C16H30N2O/c1-15(2)13(16(15,3)4)10-17-11-14(19)18-12-8-6-5-7-9-12/h12-13,17H,5-11H2,1-4H3,(H,18,19). The summed E-state index contributed by atoms with van der Waals surface area (Å²) in [5, 5.41) is 6.49. The lowest BCUT2D eigenvalue weighted by molar-refractivity contribution is -0.121. The zero-order valence-corrected chi connectivity index (χ0v) is 13.0. The van der Waals surface area contributed by atoms with Crippen molar-refractivity contribution in [2.24, 2.45) is 16.7 Å². The number of amides is 1. The molecule has 0 aliphatic heterocycles. The van der Waals surface area contributed by atoms with Gasteiger partial charge >= 0.3 is 0 Å². The van der Waals surface area contributed by atoms with Crippen molar-refractivity contribution in [1.82, 2.24) is 10.6 Å². The van der Waals surface area contributed by atoms with Crippen molar-refractivity contribution in [2.45, 2.75) is 65.8 Å². The van der Waals surface area contributed by atoms with Gasteiger partial charge in [-0.1, -0.05) is 47.0 Å². The molecule has 0 aromatic carbocycles. The quantitative estimate of drug-likeness (QED) is 0.803. The molecular weight excluding hydrogens is 236 g/mol. The van der Waals surface area contributed by atoms with Gasteiger partial charge in [0.2, 0.25) is 5.91 Å². The highest BCUT2D eigenvalue weighted by molar-refractivity contribution is 5.78. The van der Waals surface area contributed by atoms with Crippen molar-refractivity contribution in [3.8, 4) is 0 Å². The smallest absolute Gasteiger partial charge is 0.234 e. The minimum atomic E-state index is 0.170. The van der Waals surface area contributed by atoms with Crippen molar-refractivity contribution in [3.05, 3.63) is 0 Å². The van der Waals surface area contributed by atoms with Crippen LogP contribution in [-0.4, -0.2) is 25.0 Å². The van der Waals surface area contributed by atoms with Crippen LogP contribution in [0.25, 0.3) is 0 Å². The first-order valence-corrected chi connectivity index (χ1v) is 7.86. The van der Waals surface area contributed by atoms with Crippen LogP contribution in [0.4, 0.5) is 0 Å². The van der Waals surface area contributed by atoms with Gasteiger partial charge in [0, 0.05) is 6.04 Å². The third-order valence-electron chi connectivity index (χ3n) is 5.92. The minimum absolute atomic E-state index is 0.170. The van der Waals surface area contributed by atoms with Gasteiger partial charge < -0.3 is 10.6 Å². The van der Waals surface area contributed by atoms with E-state index in [1.54, 1.807) is 0 Å². The van der Waals surface area contributed by atoms with Crippen LogP contribution in [0.3, 0.4) is 0 Å². The van der Waals surface area contributed by atoms with E-state index in [9.17, 15) is 4.79 Å². The van der Waals surface area contributed by atoms with E-state index in [1.165, 1.54) is 19.3 Å². The maximum Gasteiger partial charge on any atom is 0.234 e. The van der Waals surface area contributed by atoms with E-state index in [-0.39, 0.29) is 5.91 Å². The first-order chi connectivity index (χ1) is 8.85. The summed E-state index contributed by atoms with van der Waals surface area (Å²) in [7, 11) is 0. The highest BCUT2D eigenvalue weighted by atomic mass is 16.1. The van der Waals surface area contributed by atoms with Gasteiger partial charge in [0.15, 0.2) is 0 Å². The second kappa shape index (κ2) is 5.43. The van der Waals surface area contributed by atoms with Crippen molar-refractivity contribution in [2.75, 3.05) is 13.1 Å². The van der Waals surface area contributed by atoms with Crippen LogP contribution in [0.2, 0.25) is 0 Å². The lowest BCUT2D eigenvalue weighted by Crippen LogP contribution is -2.41. The number of carbonyl (C=O) groups excluding carboxylic acids is 1. The molecule has 0 unspecified atom stereocenters. The molecule has 2 aliphatic carbocycles. The molecule has 0 radical (unpaired) electrons. The Morgan fingerprint density at radius 3 is 2.16 bits per heavy atom. The van der Waals surface area contributed by atoms with Gasteiger partial charge in [-0.3, -0.25) is 4.79 Å². The molecule has 0 saturated heterocycles. The van der Waals surface area contributed by atoms with E-state index in [4.69, 9.17) is 0 Å². The molecule has 19 heavy (non-hydrogen) atoms. The zero-order valence-electron chi connectivity index (χ0n) is 13.0. The molecule has 1 amide bonds. The number of hydrogen-bond donors (Lipinski definition) is 2. The summed E-state index contributed by atoms with van der Waals surface area (Å²) in [6.45, 7) is 10.7. The molecule has 3 heteroatoms. The highest BCUT2D eigenvalue weighted by Gasteiger charge is 2.63. The Bertz CT molecular complexity index is 316. The Morgan fingerprint density at radius 1 is 1.05 bits per heavy atom. The molecule has 2 N–H and O–H groups in total. The van der Waals surface area contributed by atoms with E-state index in [0.717, 1.165) is 19.4 Å². The first kappa shape index (κ1) is 14.8. The Labute approximate surface area is 117 Å². The first-order valence-electron chi connectivity index (χ1n) is 7.86. The summed E-state index contributed by atoms with van der Waals surface area (Å²) >= 11 is 0. The van der Waals surface area contributed by atoms with Gasteiger partial charge in [-0.05, 0) is 36.1 Å². The van der Waals surface area contributed by atoms with Crippen LogP contribution in [-0.2, 0) is 4.79 Å². The Hall–Kier alpha value is -0.570. The van der Waals surface area contributed by atoms with E-state index in [1.807, 2.05) is 0 Å². The highest BCUT2D eigenvalue weighted by Crippen LogP contribution is 2.67. The minimum Gasteiger partial charge on any atom is -0.352 e. The van der Waals surface area contributed by atoms with Gasteiger partial charge in [0.25, 0.3) is 0 Å². The second-order valence-corrected chi connectivity index (χ2v) is 7.53. The van der Waals surface area contributed by atoms with Crippen LogP contribution in [0, 0.1) is 16.7 Å². The number of nitrogens with one attached hydrogen (secondary N) is 2. The molecule has 2 rings (SSSR count). The van der Waals surface area contributed by atoms with Crippen LogP contribution >= 0.6 is 0 Å². The van der Waals surface area contributed by atoms with Crippen LogP contribution in [0.1, 0.15) is 59.8 Å². The fourth-order valence-corrected chi connectivity index (χ4v) is 3.70. The molecular formula is C16H30N2O. The number of rotatable bonds is 5. The molecule has 110 valence electrons. The average molecular weight is 266 g/mol. The molecule has 0 heterocycles. The predicted molar refractivity (Wildman–Crippen MR) is 78.9 cm³/mol. The predicted octanol–water partition coefficient (Wildman–Crippen LogP) is 2.71. The van der Waals surface area contributed by atoms with E-state index >= 15 is 0 Å². The summed E-state index contributed by atoms with van der Waals surface area (Å²) in [4.78, 5) is 11.9. The lowest BCUT2D eigenvalue weighted by Gasteiger charge is -2.22. The van der Waals surface area contributed by atoms with Gasteiger partial charge in [0.1, 0.15) is 0 Å². The van der Waals surface area contributed by atoms with Gasteiger partial charge in [-0.25, -0.2) is 0 Å². The van der Waals surface area contributed by atoms with Gasteiger partial charge in [0.05, 0.1) is 6.54 Å². The molecule has 2 fully saturated rings. The molecule has 2 aliphatic rings. The fraction of sp³-hybridized carbons (Fsp3) is 0.938. The average Bonchev–Trinajstić information content (AvgIpc) is 2.72. The van der Waals surface area contributed by atoms with Gasteiger partial charge in [-0.2, -0.15) is 0 Å². The van der Waals surface area contributed by atoms with Crippen LogP contribution in [0.15, 0.2) is 0 Å². The summed E-state index contributed by atoms with van der Waals surface area (Å²) in [6, 6.07) is 0.428. The van der Waals surface area contributed by atoms with Crippen molar-refractivity contribution in [3.63, 3.8) is 0 Å². The molecule has 3 nitrogen and oxygen atoms in total. The third-order valence-corrected chi connectivity index (χ3v) is 5.92. The molecule has 0 bridgehead atoms. The zero-order chi connectivity index (χ0) is 14.1.